The molecule has 1 unspecified atom stereocenters. The number of aryl methyl sites for hydroxylation is 1. The summed E-state index contributed by atoms with van der Waals surface area (Å²) in [5.41, 5.74) is 8.88. The number of piperazine rings is 1. The Morgan fingerprint density at radius 2 is 1.59 bits per heavy atom. The van der Waals surface area contributed by atoms with Crippen LogP contribution in [0, 0.1) is 31.1 Å². The fourth-order valence-electron chi connectivity index (χ4n) is 8.35. The maximum atomic E-state index is 13.6. The molecule has 51 heavy (non-hydrogen) atoms. The summed E-state index contributed by atoms with van der Waals surface area (Å²) < 4.78 is 13.5. The molecule has 0 bridgehead atoms. The number of hydrogen-bond donors (Lipinski definition) is 0. The number of nitrogens with zero attached hydrogens (tertiary/aromatic N) is 5. The van der Waals surface area contributed by atoms with E-state index in [-0.39, 0.29) is 17.5 Å². The molecule has 1 amide bonds. The second kappa shape index (κ2) is 15.9. The Balaban J connectivity index is 1.11. The third-order valence-electron chi connectivity index (χ3n) is 11.6. The first kappa shape index (κ1) is 36.4. The van der Waals surface area contributed by atoms with E-state index in [0.29, 0.717) is 24.6 Å². The van der Waals surface area contributed by atoms with Crippen LogP contribution in [0.4, 0.5) is 0 Å². The molecule has 2 aromatic carbocycles. The highest BCUT2D eigenvalue weighted by Gasteiger charge is 2.32. The van der Waals surface area contributed by atoms with Crippen LogP contribution in [0.25, 0.3) is 11.1 Å². The lowest BCUT2D eigenvalue weighted by molar-refractivity contribution is -0.129. The minimum absolute atomic E-state index is 0.0128. The van der Waals surface area contributed by atoms with E-state index in [4.69, 9.17) is 9.47 Å². The topological polar surface area (TPSA) is 91.0 Å². The van der Waals surface area contributed by atoms with Gasteiger partial charge in [-0.1, -0.05) is 43.5 Å². The maximum Gasteiger partial charge on any atom is 0.264 e. The summed E-state index contributed by atoms with van der Waals surface area (Å²) in [7, 11) is 5.19. The molecule has 3 heterocycles. The minimum atomic E-state index is -0.122. The van der Waals surface area contributed by atoms with E-state index < -0.39 is 0 Å². The van der Waals surface area contributed by atoms with Gasteiger partial charge in [0.1, 0.15) is 23.1 Å². The predicted molar refractivity (Wildman–Crippen MR) is 201 cm³/mol. The van der Waals surface area contributed by atoms with Crippen LogP contribution in [0.2, 0.25) is 0 Å². The Morgan fingerprint density at radius 3 is 2.22 bits per heavy atom. The summed E-state index contributed by atoms with van der Waals surface area (Å²) in [4.78, 5) is 33.0. The van der Waals surface area contributed by atoms with E-state index in [0.717, 1.165) is 91.3 Å². The molecular formula is C42H53N5O4. The summed E-state index contributed by atoms with van der Waals surface area (Å²) in [6, 6.07) is 12.8. The Labute approximate surface area is 303 Å². The molecule has 1 saturated heterocycles. The number of rotatable bonds is 9. The molecule has 2 aliphatic heterocycles. The molecule has 9 nitrogen and oxygen atoms in total. The first-order valence-electron chi connectivity index (χ1n) is 18.5. The second-order valence-electron chi connectivity index (χ2n) is 14.6. The number of carbonyl (C=O) groups is 1. The van der Waals surface area contributed by atoms with Crippen LogP contribution in [0.5, 0.6) is 11.5 Å². The van der Waals surface area contributed by atoms with Gasteiger partial charge in [0.2, 0.25) is 0 Å². The van der Waals surface area contributed by atoms with Gasteiger partial charge in [-0.25, -0.2) is 0 Å². The fourth-order valence-corrected chi connectivity index (χ4v) is 8.35. The largest absolute Gasteiger partial charge is 0.496 e. The number of benzene rings is 2. The molecule has 1 aromatic heterocycles. The van der Waals surface area contributed by atoms with Gasteiger partial charge in [-0.2, -0.15) is 5.26 Å². The highest BCUT2D eigenvalue weighted by atomic mass is 16.5. The summed E-state index contributed by atoms with van der Waals surface area (Å²) in [6.45, 7) is 11.9. The lowest BCUT2D eigenvalue weighted by Crippen LogP contribution is -2.45. The van der Waals surface area contributed by atoms with Crippen molar-refractivity contribution >= 4 is 5.91 Å². The monoisotopic (exact) mass is 691 g/mol. The number of ether oxygens (including phenoxy) is 2. The summed E-state index contributed by atoms with van der Waals surface area (Å²) >= 11 is 0. The lowest BCUT2D eigenvalue weighted by atomic mass is 9.87. The fraction of sp³-hybridized carbons (Fsp3) is 0.500. The smallest absolute Gasteiger partial charge is 0.264 e. The molecule has 270 valence electrons. The van der Waals surface area contributed by atoms with Crippen LogP contribution in [0.3, 0.4) is 0 Å². The van der Waals surface area contributed by atoms with E-state index in [2.05, 4.69) is 53.1 Å². The molecule has 0 spiro atoms. The van der Waals surface area contributed by atoms with Crippen molar-refractivity contribution in [2.45, 2.75) is 78.4 Å². The lowest BCUT2D eigenvalue weighted by Gasteiger charge is -2.38. The van der Waals surface area contributed by atoms with E-state index in [9.17, 15) is 14.9 Å². The van der Waals surface area contributed by atoms with Gasteiger partial charge >= 0.3 is 0 Å². The Bertz CT molecular complexity index is 1870. The van der Waals surface area contributed by atoms with Crippen molar-refractivity contribution in [3.8, 4) is 28.7 Å². The van der Waals surface area contributed by atoms with Gasteiger partial charge in [-0.05, 0) is 85.9 Å². The summed E-state index contributed by atoms with van der Waals surface area (Å²) in [6.07, 6.45) is 10.4. The number of fused-ring (bicyclic) bond motifs is 1. The third-order valence-corrected chi connectivity index (χ3v) is 11.6. The Morgan fingerprint density at radius 1 is 0.941 bits per heavy atom. The van der Waals surface area contributed by atoms with Gasteiger partial charge < -0.3 is 18.9 Å². The molecular weight excluding hydrogens is 638 g/mol. The SMILES string of the molecule is COc1cc(-c2cn(C)c(=O)c(C)c2C)cc(OC)c1CN1CCN(Cc2cccc3c2CCN(C(=O)/C(C#N)=C/C2CCCCC2)C3C)CC1. The van der Waals surface area contributed by atoms with Crippen molar-refractivity contribution in [1.82, 2.24) is 19.3 Å². The minimum Gasteiger partial charge on any atom is -0.496 e. The molecule has 1 atom stereocenters. The zero-order valence-corrected chi connectivity index (χ0v) is 31.3. The normalized spacial score (nSPS) is 19.0. The summed E-state index contributed by atoms with van der Waals surface area (Å²) in [5, 5.41) is 9.91. The van der Waals surface area contributed by atoms with Crippen molar-refractivity contribution in [1.29, 1.82) is 5.26 Å². The van der Waals surface area contributed by atoms with Gasteiger partial charge in [0.15, 0.2) is 0 Å². The predicted octanol–water partition coefficient (Wildman–Crippen LogP) is 6.48. The van der Waals surface area contributed by atoms with Crippen molar-refractivity contribution < 1.29 is 14.3 Å². The number of nitriles is 1. The van der Waals surface area contributed by atoms with Crippen molar-refractivity contribution in [2.24, 2.45) is 13.0 Å². The molecule has 1 aliphatic carbocycles. The standard InChI is InChI=1S/C42H53N5O4/c1-28-29(2)41(48)44(4)26-37(28)33-22-39(50-5)38(40(23-33)51-6)27-46-19-17-45(18-20-46)25-32-13-10-14-35-30(3)47(16-15-36(32)35)42(49)34(24-43)21-31-11-8-7-9-12-31/h10,13-14,21-23,26,30-31H,7-9,11-12,15-20,25,27H2,1-6H3/b34-21+. The number of carbonyl (C=O) groups excluding carboxylic acids is 1. The van der Waals surface area contributed by atoms with Crippen molar-refractivity contribution in [3.63, 3.8) is 0 Å². The van der Waals surface area contributed by atoms with Crippen LogP contribution in [-0.2, 0) is 31.4 Å². The number of amides is 1. The van der Waals surface area contributed by atoms with Gasteiger partial charge in [-0.3, -0.25) is 19.4 Å². The first-order chi connectivity index (χ1) is 24.6. The quantitative estimate of drug-likeness (QED) is 0.188. The molecule has 0 N–H and O–H groups in total. The first-order valence-corrected chi connectivity index (χ1v) is 18.5. The van der Waals surface area contributed by atoms with Crippen LogP contribution in [0.15, 0.2) is 53.0 Å². The van der Waals surface area contributed by atoms with Crippen LogP contribution < -0.4 is 15.0 Å². The van der Waals surface area contributed by atoms with Crippen molar-refractivity contribution in [2.75, 3.05) is 46.9 Å². The van der Waals surface area contributed by atoms with Crippen molar-refractivity contribution in [3.05, 3.63) is 91.9 Å². The van der Waals surface area contributed by atoms with Crippen LogP contribution in [0.1, 0.15) is 78.5 Å². The third kappa shape index (κ3) is 7.63. The van der Waals surface area contributed by atoms with Gasteiger partial charge in [0.05, 0.1) is 25.8 Å². The average molecular weight is 692 g/mol. The Hall–Kier alpha value is -4.39. The molecule has 6 rings (SSSR count). The van der Waals surface area contributed by atoms with Crippen LogP contribution >= 0.6 is 0 Å². The zero-order chi connectivity index (χ0) is 36.2. The van der Waals surface area contributed by atoms with Gasteiger partial charge in [-0.15, -0.1) is 0 Å². The molecule has 9 heteroatoms. The summed E-state index contributed by atoms with van der Waals surface area (Å²) in [5.74, 6) is 1.78. The van der Waals surface area contributed by atoms with E-state index in [1.807, 2.05) is 31.0 Å². The Kier molecular flexibility index (Phi) is 11.3. The zero-order valence-electron chi connectivity index (χ0n) is 31.3. The number of pyridine rings is 1. The highest BCUT2D eigenvalue weighted by Crippen LogP contribution is 2.38. The van der Waals surface area contributed by atoms with E-state index in [1.165, 1.54) is 36.0 Å². The molecule has 0 radical (unpaired) electrons. The average Bonchev–Trinajstić information content (AvgIpc) is 3.15. The number of hydrogen-bond acceptors (Lipinski definition) is 7. The number of allylic oxidation sites excluding steroid dienone is 1. The van der Waals surface area contributed by atoms with Gasteiger partial charge in [0.25, 0.3) is 11.5 Å². The molecule has 2 fully saturated rings. The van der Waals surface area contributed by atoms with Crippen LogP contribution in [-0.4, -0.2) is 72.1 Å². The van der Waals surface area contributed by atoms with E-state index >= 15 is 0 Å². The number of aromatic nitrogens is 1. The molecule has 3 aromatic rings. The molecule has 3 aliphatic rings. The maximum absolute atomic E-state index is 13.6. The van der Waals surface area contributed by atoms with Gasteiger partial charge in [0, 0.05) is 70.2 Å². The van der Waals surface area contributed by atoms with E-state index in [1.54, 1.807) is 25.8 Å². The second-order valence-corrected chi connectivity index (χ2v) is 14.6. The number of methoxy groups -OCH3 is 2. The molecule has 1 saturated carbocycles. The highest BCUT2D eigenvalue weighted by molar-refractivity contribution is 5.97.